The Kier molecular flexibility index (Phi) is 4.33. The molecule has 0 radical (unpaired) electrons. The van der Waals surface area contributed by atoms with Crippen molar-refractivity contribution in [1.82, 2.24) is 10.2 Å². The fraction of sp³-hybridized carbons (Fsp3) is 0.500. The number of nitrogens with zero attached hydrogens (tertiary/aromatic N) is 1. The first-order valence-electron chi connectivity index (χ1n) is 6.40. The highest BCUT2D eigenvalue weighted by atomic mass is 16.3. The van der Waals surface area contributed by atoms with E-state index in [4.69, 9.17) is 0 Å². The second-order valence-corrected chi connectivity index (χ2v) is 4.74. The summed E-state index contributed by atoms with van der Waals surface area (Å²) in [5, 5.41) is 13.4. The maximum Gasteiger partial charge on any atom is 0.256 e. The fourth-order valence-corrected chi connectivity index (χ4v) is 2.34. The summed E-state index contributed by atoms with van der Waals surface area (Å²) >= 11 is 0. The van der Waals surface area contributed by atoms with Crippen molar-refractivity contribution >= 4 is 5.91 Å². The van der Waals surface area contributed by atoms with E-state index < -0.39 is 6.10 Å². The Morgan fingerprint density at radius 2 is 1.94 bits per heavy atom. The van der Waals surface area contributed by atoms with Crippen LogP contribution in [0.25, 0.3) is 0 Å². The molecule has 0 aliphatic carbocycles. The number of rotatable bonds is 3. The zero-order valence-electron chi connectivity index (χ0n) is 10.7. The van der Waals surface area contributed by atoms with Crippen molar-refractivity contribution in [3.05, 3.63) is 35.9 Å². The monoisotopic (exact) mass is 248 g/mol. The van der Waals surface area contributed by atoms with Gasteiger partial charge in [0.15, 0.2) is 6.10 Å². The van der Waals surface area contributed by atoms with Crippen LogP contribution in [0.2, 0.25) is 0 Å². The predicted octanol–water partition coefficient (Wildman–Crippen LogP) is 0.930. The molecule has 0 aromatic heterocycles. The minimum absolute atomic E-state index is 0.215. The van der Waals surface area contributed by atoms with E-state index in [0.717, 1.165) is 25.9 Å². The summed E-state index contributed by atoms with van der Waals surface area (Å²) in [5.74, 6) is -0.215. The normalized spacial score (nSPS) is 18.3. The SMILES string of the molecule is CN(C(=O)[C@H](O)c1ccccc1)C1CCNCC1. The molecule has 4 heteroatoms. The summed E-state index contributed by atoms with van der Waals surface area (Å²) in [6.07, 6.45) is 0.846. The van der Waals surface area contributed by atoms with Crippen molar-refractivity contribution in [2.45, 2.75) is 25.0 Å². The molecule has 0 saturated carbocycles. The minimum atomic E-state index is -1.05. The Hall–Kier alpha value is -1.39. The van der Waals surface area contributed by atoms with Crippen LogP contribution in [0.15, 0.2) is 30.3 Å². The minimum Gasteiger partial charge on any atom is -0.378 e. The maximum absolute atomic E-state index is 12.2. The number of carbonyl (C=O) groups is 1. The van der Waals surface area contributed by atoms with E-state index in [1.807, 2.05) is 18.2 Å². The van der Waals surface area contributed by atoms with Gasteiger partial charge in [-0.1, -0.05) is 30.3 Å². The lowest BCUT2D eigenvalue weighted by atomic mass is 10.0. The topological polar surface area (TPSA) is 52.6 Å². The molecule has 1 aromatic carbocycles. The largest absolute Gasteiger partial charge is 0.378 e. The lowest BCUT2D eigenvalue weighted by Crippen LogP contribution is -2.45. The van der Waals surface area contributed by atoms with Gasteiger partial charge in [0.2, 0.25) is 0 Å². The van der Waals surface area contributed by atoms with Crippen molar-refractivity contribution in [3.8, 4) is 0 Å². The molecule has 18 heavy (non-hydrogen) atoms. The lowest BCUT2D eigenvalue weighted by Gasteiger charge is -2.33. The van der Waals surface area contributed by atoms with Crippen LogP contribution in [0.3, 0.4) is 0 Å². The summed E-state index contributed by atoms with van der Waals surface area (Å²) in [7, 11) is 1.78. The highest BCUT2D eigenvalue weighted by molar-refractivity contribution is 5.82. The van der Waals surface area contributed by atoms with Crippen molar-refractivity contribution in [2.75, 3.05) is 20.1 Å². The lowest BCUT2D eigenvalue weighted by molar-refractivity contribution is -0.141. The van der Waals surface area contributed by atoms with Gasteiger partial charge in [0, 0.05) is 13.1 Å². The van der Waals surface area contributed by atoms with Gasteiger partial charge >= 0.3 is 0 Å². The van der Waals surface area contributed by atoms with Gasteiger partial charge in [0.25, 0.3) is 5.91 Å². The Labute approximate surface area is 108 Å². The molecule has 1 saturated heterocycles. The summed E-state index contributed by atoms with van der Waals surface area (Å²) < 4.78 is 0. The first kappa shape index (κ1) is 13.1. The predicted molar refractivity (Wildman–Crippen MR) is 70.1 cm³/mol. The molecule has 1 fully saturated rings. The third kappa shape index (κ3) is 2.89. The summed E-state index contributed by atoms with van der Waals surface area (Å²) in [6, 6.07) is 9.32. The van der Waals surface area contributed by atoms with Crippen molar-refractivity contribution in [2.24, 2.45) is 0 Å². The number of benzene rings is 1. The molecule has 98 valence electrons. The van der Waals surface area contributed by atoms with Crippen LogP contribution in [-0.2, 0) is 4.79 Å². The number of amides is 1. The summed E-state index contributed by atoms with van der Waals surface area (Å²) in [4.78, 5) is 13.9. The van der Waals surface area contributed by atoms with Crippen LogP contribution in [0.1, 0.15) is 24.5 Å². The summed E-state index contributed by atoms with van der Waals surface area (Å²) in [5.41, 5.74) is 0.656. The van der Waals surface area contributed by atoms with Gasteiger partial charge in [0.1, 0.15) is 0 Å². The maximum atomic E-state index is 12.2. The molecule has 1 aliphatic heterocycles. The van der Waals surface area contributed by atoms with Crippen molar-refractivity contribution < 1.29 is 9.90 Å². The van der Waals surface area contributed by atoms with Crippen LogP contribution in [-0.4, -0.2) is 42.1 Å². The van der Waals surface area contributed by atoms with Gasteiger partial charge in [-0.05, 0) is 31.5 Å². The standard InChI is InChI=1S/C14H20N2O2/c1-16(12-7-9-15-10-8-12)14(18)13(17)11-5-3-2-4-6-11/h2-6,12-13,15,17H,7-10H2,1H3/t13-/m1/s1. The number of carbonyl (C=O) groups excluding carboxylic acids is 1. The molecule has 0 spiro atoms. The molecular weight excluding hydrogens is 228 g/mol. The van der Waals surface area contributed by atoms with E-state index >= 15 is 0 Å². The molecule has 1 atom stereocenters. The molecule has 2 rings (SSSR count). The molecular formula is C14H20N2O2. The zero-order chi connectivity index (χ0) is 13.0. The second kappa shape index (κ2) is 5.98. The molecule has 1 aromatic rings. The summed E-state index contributed by atoms with van der Waals surface area (Å²) in [6.45, 7) is 1.87. The molecule has 1 amide bonds. The quantitative estimate of drug-likeness (QED) is 0.836. The number of aliphatic hydroxyl groups excluding tert-OH is 1. The van der Waals surface area contributed by atoms with Crippen molar-refractivity contribution in [1.29, 1.82) is 0 Å². The highest BCUT2D eigenvalue weighted by Gasteiger charge is 2.27. The van der Waals surface area contributed by atoms with Crippen LogP contribution in [0.4, 0.5) is 0 Å². The van der Waals surface area contributed by atoms with E-state index in [0.29, 0.717) is 5.56 Å². The van der Waals surface area contributed by atoms with Gasteiger partial charge < -0.3 is 15.3 Å². The second-order valence-electron chi connectivity index (χ2n) is 4.74. The zero-order valence-corrected chi connectivity index (χ0v) is 10.7. The average molecular weight is 248 g/mol. The number of piperidine rings is 1. The smallest absolute Gasteiger partial charge is 0.256 e. The molecule has 4 nitrogen and oxygen atoms in total. The third-order valence-electron chi connectivity index (χ3n) is 3.55. The average Bonchev–Trinajstić information content (AvgIpc) is 2.47. The van der Waals surface area contributed by atoms with Crippen molar-refractivity contribution in [3.63, 3.8) is 0 Å². The third-order valence-corrected chi connectivity index (χ3v) is 3.55. The van der Waals surface area contributed by atoms with E-state index in [-0.39, 0.29) is 11.9 Å². The van der Waals surface area contributed by atoms with Gasteiger partial charge in [0.05, 0.1) is 0 Å². The number of hydrogen-bond donors (Lipinski definition) is 2. The van der Waals surface area contributed by atoms with Crippen LogP contribution >= 0.6 is 0 Å². The Bertz CT molecular complexity index is 388. The fourth-order valence-electron chi connectivity index (χ4n) is 2.34. The molecule has 0 unspecified atom stereocenters. The molecule has 1 aliphatic rings. The van der Waals surface area contributed by atoms with Crippen LogP contribution < -0.4 is 5.32 Å². The first-order chi connectivity index (χ1) is 8.70. The highest BCUT2D eigenvalue weighted by Crippen LogP contribution is 2.18. The number of likely N-dealkylation sites (N-methyl/N-ethyl adjacent to an activating group) is 1. The van der Waals surface area contributed by atoms with E-state index in [1.165, 1.54) is 0 Å². The number of nitrogens with one attached hydrogen (secondary N) is 1. The molecule has 1 heterocycles. The van der Waals surface area contributed by atoms with Gasteiger partial charge in [-0.3, -0.25) is 4.79 Å². The van der Waals surface area contributed by atoms with E-state index in [1.54, 1.807) is 24.1 Å². The van der Waals surface area contributed by atoms with Gasteiger partial charge in [-0.15, -0.1) is 0 Å². The van der Waals surface area contributed by atoms with E-state index in [9.17, 15) is 9.90 Å². The Morgan fingerprint density at radius 1 is 1.33 bits per heavy atom. The van der Waals surface area contributed by atoms with Crippen LogP contribution in [0.5, 0.6) is 0 Å². The Morgan fingerprint density at radius 3 is 2.56 bits per heavy atom. The first-order valence-corrected chi connectivity index (χ1v) is 6.40. The van der Waals surface area contributed by atoms with E-state index in [2.05, 4.69) is 5.32 Å². The molecule has 2 N–H and O–H groups in total. The van der Waals surface area contributed by atoms with Gasteiger partial charge in [-0.25, -0.2) is 0 Å². The number of hydrogen-bond acceptors (Lipinski definition) is 3. The van der Waals surface area contributed by atoms with Gasteiger partial charge in [-0.2, -0.15) is 0 Å². The molecule has 0 bridgehead atoms. The number of aliphatic hydroxyl groups is 1. The van der Waals surface area contributed by atoms with Crippen LogP contribution in [0, 0.1) is 0 Å². The Balaban J connectivity index is 2.01.